The number of benzene rings is 2. The van der Waals surface area contributed by atoms with E-state index in [9.17, 15) is 18.3 Å². The van der Waals surface area contributed by atoms with Crippen LogP contribution in [0.3, 0.4) is 0 Å². The van der Waals surface area contributed by atoms with Crippen molar-refractivity contribution < 1.29 is 32.5 Å². The lowest BCUT2D eigenvalue weighted by atomic mass is 10.1. The molecular formula is C19H20ClNO7S. The van der Waals surface area contributed by atoms with Crippen LogP contribution in [-0.4, -0.2) is 46.9 Å². The summed E-state index contributed by atoms with van der Waals surface area (Å²) < 4.78 is 42.6. The first-order chi connectivity index (χ1) is 13.8. The summed E-state index contributed by atoms with van der Waals surface area (Å²) in [5, 5.41) is 10.9. The molecule has 0 bridgehead atoms. The lowest BCUT2D eigenvalue weighted by Gasteiger charge is -2.15. The predicted octanol–water partition coefficient (Wildman–Crippen LogP) is 3.48. The molecule has 0 aromatic heterocycles. The molecule has 0 saturated carbocycles. The number of carbonyl (C=O) groups is 1. The maximum Gasteiger partial charge on any atom is 0.337 e. The van der Waals surface area contributed by atoms with Gasteiger partial charge in [0, 0.05) is 24.3 Å². The third-order valence-electron chi connectivity index (χ3n) is 3.64. The Labute approximate surface area is 173 Å². The van der Waals surface area contributed by atoms with Crippen LogP contribution >= 0.6 is 11.6 Å². The third kappa shape index (κ3) is 6.67. The lowest BCUT2D eigenvalue weighted by molar-refractivity contribution is 0.0697. The fourth-order valence-electron chi connectivity index (χ4n) is 2.26. The van der Waals surface area contributed by atoms with Gasteiger partial charge in [0.15, 0.2) is 11.5 Å². The minimum Gasteiger partial charge on any atom is -0.493 e. The zero-order valence-electron chi connectivity index (χ0n) is 15.7. The number of carboxylic acid groups (broad SMARTS) is 1. The molecule has 2 rings (SSSR count). The van der Waals surface area contributed by atoms with Crippen molar-refractivity contribution in [1.29, 1.82) is 0 Å². The Morgan fingerprint density at radius 1 is 1.14 bits per heavy atom. The van der Waals surface area contributed by atoms with Crippen LogP contribution in [0, 0.1) is 0 Å². The summed E-state index contributed by atoms with van der Waals surface area (Å²) in [7, 11) is -1.16. The molecule has 0 aliphatic rings. The molecule has 0 saturated heterocycles. The average molecular weight is 442 g/mol. The molecule has 156 valence electrons. The van der Waals surface area contributed by atoms with Crippen LogP contribution in [0.25, 0.3) is 6.08 Å². The van der Waals surface area contributed by atoms with E-state index < -0.39 is 16.0 Å². The van der Waals surface area contributed by atoms with Crippen LogP contribution in [0.5, 0.6) is 11.5 Å². The van der Waals surface area contributed by atoms with Gasteiger partial charge in [-0.1, -0.05) is 23.7 Å². The molecule has 0 aliphatic carbocycles. The molecule has 0 heterocycles. The molecule has 0 atom stereocenters. The van der Waals surface area contributed by atoms with E-state index in [4.69, 9.17) is 25.8 Å². The molecule has 0 fully saturated rings. The van der Waals surface area contributed by atoms with Crippen molar-refractivity contribution >= 4 is 39.4 Å². The third-order valence-corrected chi connectivity index (χ3v) is 4.89. The van der Waals surface area contributed by atoms with Gasteiger partial charge < -0.3 is 19.3 Å². The van der Waals surface area contributed by atoms with Gasteiger partial charge in [-0.2, -0.15) is 0 Å². The van der Waals surface area contributed by atoms with E-state index in [-0.39, 0.29) is 36.0 Å². The zero-order chi connectivity index (χ0) is 21.4. The minimum absolute atomic E-state index is 0.151. The second-order valence-electron chi connectivity index (χ2n) is 5.70. The van der Waals surface area contributed by atoms with Crippen LogP contribution in [-0.2, 0) is 14.8 Å². The van der Waals surface area contributed by atoms with Gasteiger partial charge in [-0.25, -0.2) is 13.2 Å². The highest BCUT2D eigenvalue weighted by Crippen LogP contribution is 2.34. The Balaban J connectivity index is 2.33. The van der Waals surface area contributed by atoms with Crippen molar-refractivity contribution in [3.8, 4) is 11.5 Å². The molecule has 8 nitrogen and oxygen atoms in total. The summed E-state index contributed by atoms with van der Waals surface area (Å²) in [4.78, 5) is 11.6. The smallest absolute Gasteiger partial charge is 0.337 e. The second kappa shape index (κ2) is 10.1. The summed E-state index contributed by atoms with van der Waals surface area (Å²) in [5.41, 5.74) is 0.160. The highest BCUT2D eigenvalue weighted by molar-refractivity contribution is 7.95. The first kappa shape index (κ1) is 22.5. The lowest BCUT2D eigenvalue weighted by Crippen LogP contribution is -2.14. The van der Waals surface area contributed by atoms with E-state index in [0.717, 1.165) is 5.41 Å². The van der Waals surface area contributed by atoms with Crippen LogP contribution in [0.1, 0.15) is 15.9 Å². The van der Waals surface area contributed by atoms with Gasteiger partial charge in [-0.15, -0.1) is 0 Å². The number of hydrogen-bond acceptors (Lipinski definition) is 6. The first-order valence-corrected chi connectivity index (χ1v) is 10.2. The number of hydrogen-bond donors (Lipinski definition) is 2. The number of aromatic carboxylic acids is 1. The number of nitrogens with one attached hydrogen (secondary N) is 1. The molecule has 0 unspecified atom stereocenters. The predicted molar refractivity (Wildman–Crippen MR) is 110 cm³/mol. The maximum absolute atomic E-state index is 12.4. The maximum atomic E-state index is 12.4. The normalized spacial score (nSPS) is 11.4. The van der Waals surface area contributed by atoms with Crippen molar-refractivity contribution in [3.63, 3.8) is 0 Å². The molecule has 0 aliphatic heterocycles. The Morgan fingerprint density at radius 3 is 2.41 bits per heavy atom. The Morgan fingerprint density at radius 2 is 1.83 bits per heavy atom. The molecule has 2 N–H and O–H groups in total. The van der Waals surface area contributed by atoms with E-state index >= 15 is 0 Å². The van der Waals surface area contributed by atoms with Crippen LogP contribution < -0.4 is 14.2 Å². The van der Waals surface area contributed by atoms with Gasteiger partial charge in [0.1, 0.15) is 6.61 Å². The van der Waals surface area contributed by atoms with Crippen molar-refractivity contribution in [1.82, 2.24) is 0 Å². The summed E-state index contributed by atoms with van der Waals surface area (Å²) in [5.74, 6) is -1.00. The van der Waals surface area contributed by atoms with Gasteiger partial charge in [-0.05, 0) is 23.8 Å². The number of carboxylic acids is 1. The number of sulfonamides is 1. The molecule has 0 spiro atoms. The van der Waals surface area contributed by atoms with Crippen molar-refractivity contribution in [2.45, 2.75) is 0 Å². The van der Waals surface area contributed by atoms with Gasteiger partial charge in [0.2, 0.25) is 0 Å². The second-order valence-corrected chi connectivity index (χ2v) is 7.70. The highest BCUT2D eigenvalue weighted by atomic mass is 35.5. The van der Waals surface area contributed by atoms with Crippen molar-refractivity contribution in [3.05, 3.63) is 58.0 Å². The fourth-order valence-corrected chi connectivity index (χ4v) is 3.26. The van der Waals surface area contributed by atoms with Gasteiger partial charge in [-0.3, -0.25) is 4.72 Å². The average Bonchev–Trinajstić information content (AvgIpc) is 2.67. The van der Waals surface area contributed by atoms with Gasteiger partial charge in [0.05, 0.1) is 30.4 Å². The number of anilines is 1. The largest absolute Gasteiger partial charge is 0.493 e. The van der Waals surface area contributed by atoms with Gasteiger partial charge in [0.25, 0.3) is 10.0 Å². The van der Waals surface area contributed by atoms with E-state index in [1.165, 1.54) is 32.4 Å². The summed E-state index contributed by atoms with van der Waals surface area (Å²) in [6.45, 7) is 0.455. The molecular weight excluding hydrogens is 422 g/mol. The van der Waals surface area contributed by atoms with Crippen LogP contribution in [0.15, 0.2) is 41.8 Å². The van der Waals surface area contributed by atoms with Crippen molar-refractivity contribution in [2.75, 3.05) is 32.2 Å². The van der Waals surface area contributed by atoms with Crippen LogP contribution in [0.4, 0.5) is 5.69 Å². The van der Waals surface area contributed by atoms with Crippen LogP contribution in [0.2, 0.25) is 5.02 Å². The van der Waals surface area contributed by atoms with Crippen molar-refractivity contribution in [2.24, 2.45) is 0 Å². The monoisotopic (exact) mass is 441 g/mol. The zero-order valence-corrected chi connectivity index (χ0v) is 17.3. The van der Waals surface area contributed by atoms with E-state index in [1.54, 1.807) is 24.3 Å². The standard InChI is InChI=1S/C19H20ClNO7S/c1-26-8-9-28-18-12-16(15(19(22)23)11-17(18)27-2)21-29(24,25)10-7-13-3-5-14(20)6-4-13/h3-7,10-12,21H,8-9H2,1-2H3,(H,22,23)/b10-7+. The summed E-state index contributed by atoms with van der Waals surface area (Å²) in [6, 6.07) is 8.98. The number of halogens is 1. The summed E-state index contributed by atoms with van der Waals surface area (Å²) >= 11 is 5.80. The highest BCUT2D eigenvalue weighted by Gasteiger charge is 2.19. The Bertz CT molecular complexity index is 988. The van der Waals surface area contributed by atoms with E-state index in [0.29, 0.717) is 10.6 Å². The quantitative estimate of drug-likeness (QED) is 0.543. The SMILES string of the molecule is COCCOc1cc(NS(=O)(=O)/C=C/c2ccc(Cl)cc2)c(C(=O)O)cc1OC. The number of ether oxygens (including phenoxy) is 3. The molecule has 0 radical (unpaired) electrons. The molecule has 29 heavy (non-hydrogen) atoms. The summed E-state index contributed by atoms with van der Waals surface area (Å²) in [6.07, 6.45) is 1.36. The molecule has 10 heteroatoms. The topological polar surface area (TPSA) is 111 Å². The van der Waals surface area contributed by atoms with Gasteiger partial charge >= 0.3 is 5.97 Å². The Kier molecular flexibility index (Phi) is 7.89. The fraction of sp³-hybridized carbons (Fsp3) is 0.211. The molecule has 2 aromatic carbocycles. The molecule has 2 aromatic rings. The molecule has 0 amide bonds. The number of methoxy groups -OCH3 is 2. The minimum atomic E-state index is -4.01. The first-order valence-electron chi connectivity index (χ1n) is 8.29. The Hall–Kier alpha value is -2.75. The van der Waals surface area contributed by atoms with E-state index in [2.05, 4.69) is 4.72 Å². The van der Waals surface area contributed by atoms with E-state index in [1.807, 2.05) is 0 Å². The number of rotatable bonds is 10.